The lowest BCUT2D eigenvalue weighted by atomic mass is 10.1. The predicted octanol–water partition coefficient (Wildman–Crippen LogP) is 4.35. The van der Waals surface area contributed by atoms with Gasteiger partial charge in [-0.15, -0.1) is 11.8 Å². The number of nitrogens with zero attached hydrogens (tertiary/aromatic N) is 1. The first-order valence-corrected chi connectivity index (χ1v) is 9.17. The Morgan fingerprint density at radius 1 is 1.39 bits per heavy atom. The molecule has 2 aromatic rings. The molecule has 4 nitrogen and oxygen atoms in total. The summed E-state index contributed by atoms with van der Waals surface area (Å²) in [7, 11) is 0. The molecule has 1 heterocycles. The number of H-pyrrole nitrogens is 1. The number of nitrogens with one attached hydrogen (secondary N) is 2. The fourth-order valence-electron chi connectivity index (χ4n) is 1.95. The summed E-state index contributed by atoms with van der Waals surface area (Å²) in [5.74, 6) is 0.703. The first-order chi connectivity index (χ1) is 11.0. The van der Waals surface area contributed by atoms with Crippen LogP contribution in [0.15, 0.2) is 33.6 Å². The molecular formula is C16H19BrFN3OS. The van der Waals surface area contributed by atoms with Gasteiger partial charge in [-0.1, -0.05) is 13.8 Å². The van der Waals surface area contributed by atoms with Gasteiger partial charge in [0.25, 0.3) is 5.91 Å². The molecule has 1 aromatic carbocycles. The third-order valence-electron chi connectivity index (χ3n) is 3.21. The number of hydrogen-bond acceptors (Lipinski definition) is 3. The number of carbonyl (C=O) groups is 1. The summed E-state index contributed by atoms with van der Waals surface area (Å²) < 4.78 is 13.5. The first-order valence-electron chi connectivity index (χ1n) is 7.39. The van der Waals surface area contributed by atoms with Crippen molar-refractivity contribution in [2.75, 3.05) is 12.3 Å². The molecule has 0 fully saturated rings. The molecule has 1 aromatic heterocycles. The van der Waals surface area contributed by atoms with Gasteiger partial charge in [-0.25, -0.2) is 4.39 Å². The van der Waals surface area contributed by atoms with E-state index in [2.05, 4.69) is 31.4 Å². The first kappa shape index (κ1) is 18.0. The number of rotatable bonds is 7. The van der Waals surface area contributed by atoms with E-state index in [0.29, 0.717) is 12.2 Å². The molecular weight excluding hydrogens is 381 g/mol. The number of aromatic nitrogens is 2. The number of aromatic amines is 1. The second-order valence-corrected chi connectivity index (χ2v) is 7.33. The Morgan fingerprint density at radius 3 is 2.70 bits per heavy atom. The van der Waals surface area contributed by atoms with Gasteiger partial charge in [-0.3, -0.25) is 9.89 Å². The van der Waals surface area contributed by atoms with E-state index in [-0.39, 0.29) is 17.6 Å². The number of hydrogen-bond donors (Lipinski definition) is 2. The second kappa shape index (κ2) is 8.49. The van der Waals surface area contributed by atoms with Gasteiger partial charge in [0.2, 0.25) is 0 Å². The zero-order valence-electron chi connectivity index (χ0n) is 13.0. The molecule has 124 valence electrons. The highest BCUT2D eigenvalue weighted by Crippen LogP contribution is 2.25. The van der Waals surface area contributed by atoms with Gasteiger partial charge < -0.3 is 5.32 Å². The minimum atomic E-state index is -0.230. The number of amides is 1. The van der Waals surface area contributed by atoms with Gasteiger partial charge in [0.05, 0.1) is 10.2 Å². The number of benzene rings is 1. The Labute approximate surface area is 147 Å². The molecule has 2 N–H and O–H groups in total. The van der Waals surface area contributed by atoms with Gasteiger partial charge >= 0.3 is 0 Å². The van der Waals surface area contributed by atoms with E-state index < -0.39 is 0 Å². The van der Waals surface area contributed by atoms with E-state index in [1.807, 2.05) is 13.8 Å². The highest BCUT2D eigenvalue weighted by Gasteiger charge is 2.18. The summed E-state index contributed by atoms with van der Waals surface area (Å²) >= 11 is 5.06. The van der Waals surface area contributed by atoms with E-state index in [4.69, 9.17) is 0 Å². The summed E-state index contributed by atoms with van der Waals surface area (Å²) in [5.41, 5.74) is 1.31. The fraction of sp³-hybridized carbons (Fsp3) is 0.375. The molecule has 0 spiro atoms. The van der Waals surface area contributed by atoms with E-state index in [1.165, 1.54) is 12.1 Å². The average Bonchev–Trinajstić information content (AvgIpc) is 2.90. The predicted molar refractivity (Wildman–Crippen MR) is 94.5 cm³/mol. The van der Waals surface area contributed by atoms with Crippen LogP contribution in [0.5, 0.6) is 0 Å². The zero-order chi connectivity index (χ0) is 16.8. The maximum atomic E-state index is 12.8. The summed E-state index contributed by atoms with van der Waals surface area (Å²) in [6.45, 7) is 4.64. The molecule has 1 amide bonds. The lowest BCUT2D eigenvalue weighted by Gasteiger charge is -2.05. The largest absolute Gasteiger partial charge is 0.351 e. The van der Waals surface area contributed by atoms with Gasteiger partial charge in [0.15, 0.2) is 5.69 Å². The minimum absolute atomic E-state index is 0.188. The molecule has 23 heavy (non-hydrogen) atoms. The third-order valence-corrected chi connectivity index (χ3v) is 5.12. The molecule has 2 rings (SSSR count). The molecule has 0 saturated carbocycles. The quantitative estimate of drug-likeness (QED) is 0.537. The Morgan fingerprint density at radius 2 is 2.09 bits per heavy atom. The maximum Gasteiger partial charge on any atom is 0.272 e. The van der Waals surface area contributed by atoms with Crippen LogP contribution in [0.3, 0.4) is 0 Å². The molecule has 0 aliphatic rings. The molecule has 0 radical (unpaired) electrons. The Hall–Kier alpha value is -1.34. The number of halogens is 2. The van der Waals surface area contributed by atoms with Gasteiger partial charge in [0.1, 0.15) is 5.82 Å². The summed E-state index contributed by atoms with van der Waals surface area (Å²) in [4.78, 5) is 13.1. The van der Waals surface area contributed by atoms with Crippen molar-refractivity contribution in [3.63, 3.8) is 0 Å². The fourth-order valence-corrected chi connectivity index (χ4v) is 3.62. The lowest BCUT2D eigenvalue weighted by Crippen LogP contribution is -2.25. The molecule has 7 heteroatoms. The molecule has 0 aliphatic carbocycles. The van der Waals surface area contributed by atoms with E-state index >= 15 is 0 Å². The Kier molecular flexibility index (Phi) is 6.65. The van der Waals surface area contributed by atoms with Gasteiger partial charge in [-0.05, 0) is 58.3 Å². The van der Waals surface area contributed by atoms with Crippen LogP contribution in [0.2, 0.25) is 0 Å². The smallest absolute Gasteiger partial charge is 0.272 e. The second-order valence-electron chi connectivity index (χ2n) is 5.37. The van der Waals surface area contributed by atoms with Crippen molar-refractivity contribution in [2.45, 2.75) is 31.1 Å². The monoisotopic (exact) mass is 399 g/mol. The van der Waals surface area contributed by atoms with Crippen molar-refractivity contribution in [1.29, 1.82) is 0 Å². The van der Waals surface area contributed by atoms with Crippen molar-refractivity contribution in [3.05, 3.63) is 45.9 Å². The van der Waals surface area contributed by atoms with E-state index in [9.17, 15) is 9.18 Å². The van der Waals surface area contributed by atoms with Crippen LogP contribution >= 0.6 is 27.7 Å². The molecule has 0 atom stereocenters. The van der Waals surface area contributed by atoms with Crippen LogP contribution < -0.4 is 5.32 Å². The summed E-state index contributed by atoms with van der Waals surface area (Å²) in [5, 5.41) is 9.82. The van der Waals surface area contributed by atoms with Crippen LogP contribution in [-0.4, -0.2) is 28.4 Å². The highest BCUT2D eigenvalue weighted by atomic mass is 79.9. The van der Waals surface area contributed by atoms with Crippen LogP contribution in [-0.2, 0) is 0 Å². The number of carbonyl (C=O) groups excluding carboxylic acids is 1. The normalized spacial score (nSPS) is 11.0. The van der Waals surface area contributed by atoms with Crippen LogP contribution in [0.25, 0.3) is 0 Å². The maximum absolute atomic E-state index is 12.8. The molecule has 0 aliphatic heterocycles. The Balaban J connectivity index is 1.74. The van der Waals surface area contributed by atoms with E-state index in [0.717, 1.165) is 27.2 Å². The molecule has 0 unspecified atom stereocenters. The van der Waals surface area contributed by atoms with Gasteiger partial charge in [0, 0.05) is 11.4 Å². The van der Waals surface area contributed by atoms with Crippen LogP contribution in [0.4, 0.5) is 4.39 Å². The van der Waals surface area contributed by atoms with Crippen molar-refractivity contribution < 1.29 is 9.18 Å². The Bertz CT molecular complexity index is 658. The topological polar surface area (TPSA) is 57.8 Å². The van der Waals surface area contributed by atoms with Crippen LogP contribution in [0, 0.1) is 5.82 Å². The van der Waals surface area contributed by atoms with E-state index in [1.54, 1.807) is 23.9 Å². The van der Waals surface area contributed by atoms with Crippen molar-refractivity contribution in [2.24, 2.45) is 0 Å². The van der Waals surface area contributed by atoms with Crippen molar-refractivity contribution in [1.82, 2.24) is 15.5 Å². The average molecular weight is 400 g/mol. The highest BCUT2D eigenvalue weighted by molar-refractivity contribution is 9.10. The molecule has 0 saturated heterocycles. The van der Waals surface area contributed by atoms with Crippen molar-refractivity contribution in [3.8, 4) is 0 Å². The van der Waals surface area contributed by atoms with Gasteiger partial charge in [-0.2, -0.15) is 5.10 Å². The summed E-state index contributed by atoms with van der Waals surface area (Å²) in [6, 6.07) is 6.41. The lowest BCUT2D eigenvalue weighted by molar-refractivity contribution is 0.0948. The SMILES string of the molecule is CC(C)c1[nH]nc(C(=O)NCCCSc2ccc(F)cc2)c1Br. The molecule has 0 bridgehead atoms. The number of thioether (sulfide) groups is 1. The van der Waals surface area contributed by atoms with Crippen molar-refractivity contribution >= 4 is 33.6 Å². The zero-order valence-corrected chi connectivity index (χ0v) is 15.4. The van der Waals surface area contributed by atoms with Crippen LogP contribution in [0.1, 0.15) is 42.4 Å². The minimum Gasteiger partial charge on any atom is -0.351 e. The standard InChI is InChI=1S/C16H19BrFN3OS/c1-10(2)14-13(17)15(21-20-14)16(22)19-8-3-9-23-12-6-4-11(18)5-7-12/h4-7,10H,3,8-9H2,1-2H3,(H,19,22)(H,20,21). The third kappa shape index (κ3) is 5.07. The summed E-state index contributed by atoms with van der Waals surface area (Å²) in [6.07, 6.45) is 0.826.